The van der Waals surface area contributed by atoms with Crippen LogP contribution in [-0.4, -0.2) is 23.9 Å². The largest absolute Gasteiger partial charge is 0.329 e. The van der Waals surface area contributed by atoms with E-state index in [0.717, 1.165) is 0 Å². The summed E-state index contributed by atoms with van der Waals surface area (Å²) in [5, 5.41) is 0. The van der Waals surface area contributed by atoms with E-state index in [1.165, 1.54) is 4.90 Å². The summed E-state index contributed by atoms with van der Waals surface area (Å²) in [6, 6.07) is 0. The van der Waals surface area contributed by atoms with Crippen molar-refractivity contribution >= 4 is 5.91 Å². The van der Waals surface area contributed by atoms with Crippen molar-refractivity contribution in [2.75, 3.05) is 13.1 Å². The zero-order valence-electron chi connectivity index (χ0n) is 5.51. The molecule has 0 saturated heterocycles. The van der Waals surface area contributed by atoms with Crippen LogP contribution in [0.25, 0.3) is 0 Å². The lowest BCUT2D eigenvalue weighted by atomic mass is 10.5. The number of nitrogens with zero attached hydrogens (tertiary/aromatic N) is 1. The standard InChI is InChI=1S/C7H8FNO/c1-6(8)7(10)9-4-2-3-5-9/h2-3H,1,4-5H2. The van der Waals surface area contributed by atoms with Crippen LogP contribution < -0.4 is 0 Å². The molecule has 0 atom stereocenters. The molecule has 1 heterocycles. The fourth-order valence-electron chi connectivity index (χ4n) is 0.815. The Kier molecular flexibility index (Phi) is 1.85. The molecule has 0 radical (unpaired) electrons. The van der Waals surface area contributed by atoms with Crippen molar-refractivity contribution in [1.82, 2.24) is 4.90 Å². The van der Waals surface area contributed by atoms with Gasteiger partial charge in [0.25, 0.3) is 5.91 Å². The van der Waals surface area contributed by atoms with E-state index >= 15 is 0 Å². The number of carbonyl (C=O) groups excluding carboxylic acids is 1. The average Bonchev–Trinajstić information content (AvgIpc) is 2.36. The highest BCUT2D eigenvalue weighted by Crippen LogP contribution is 2.04. The van der Waals surface area contributed by atoms with Crippen LogP contribution in [0.3, 0.4) is 0 Å². The molecule has 0 saturated carbocycles. The van der Waals surface area contributed by atoms with Gasteiger partial charge in [0.05, 0.1) is 0 Å². The second-order valence-electron chi connectivity index (χ2n) is 2.09. The summed E-state index contributed by atoms with van der Waals surface area (Å²) < 4.78 is 12.1. The van der Waals surface area contributed by atoms with E-state index in [4.69, 9.17) is 0 Å². The van der Waals surface area contributed by atoms with Crippen molar-refractivity contribution < 1.29 is 9.18 Å². The first-order chi connectivity index (χ1) is 4.72. The third-order valence-electron chi connectivity index (χ3n) is 1.34. The molecule has 0 aromatic carbocycles. The summed E-state index contributed by atoms with van der Waals surface area (Å²) in [6.45, 7) is 3.92. The van der Waals surface area contributed by atoms with Gasteiger partial charge in [0, 0.05) is 13.1 Å². The number of rotatable bonds is 1. The molecule has 54 valence electrons. The van der Waals surface area contributed by atoms with Crippen molar-refractivity contribution in [3.8, 4) is 0 Å². The summed E-state index contributed by atoms with van der Waals surface area (Å²) in [5.74, 6) is -1.49. The van der Waals surface area contributed by atoms with E-state index in [1.807, 2.05) is 12.2 Å². The third-order valence-corrected chi connectivity index (χ3v) is 1.34. The molecule has 0 spiro atoms. The molecule has 1 aliphatic heterocycles. The second-order valence-corrected chi connectivity index (χ2v) is 2.09. The number of carbonyl (C=O) groups is 1. The molecule has 1 rings (SSSR count). The van der Waals surface area contributed by atoms with Crippen molar-refractivity contribution in [3.05, 3.63) is 24.6 Å². The summed E-state index contributed by atoms with van der Waals surface area (Å²) in [5.41, 5.74) is 0. The molecule has 0 N–H and O–H groups in total. The molecule has 0 aliphatic carbocycles. The Labute approximate surface area is 58.6 Å². The summed E-state index contributed by atoms with van der Waals surface area (Å²) in [6.07, 6.45) is 3.64. The van der Waals surface area contributed by atoms with Gasteiger partial charge in [0.1, 0.15) is 0 Å². The minimum Gasteiger partial charge on any atom is -0.329 e. The van der Waals surface area contributed by atoms with E-state index in [2.05, 4.69) is 6.58 Å². The summed E-state index contributed by atoms with van der Waals surface area (Å²) in [7, 11) is 0. The Balaban J connectivity index is 2.50. The lowest BCUT2D eigenvalue weighted by Crippen LogP contribution is -2.28. The molecule has 1 amide bonds. The molecule has 0 aromatic heterocycles. The maximum absolute atomic E-state index is 12.1. The maximum atomic E-state index is 12.1. The summed E-state index contributed by atoms with van der Waals surface area (Å²) in [4.78, 5) is 12.1. The molecule has 0 bridgehead atoms. The van der Waals surface area contributed by atoms with Crippen molar-refractivity contribution in [3.63, 3.8) is 0 Å². The van der Waals surface area contributed by atoms with Crippen LogP contribution in [0.15, 0.2) is 24.6 Å². The average molecular weight is 141 g/mol. The van der Waals surface area contributed by atoms with Crippen LogP contribution in [0.5, 0.6) is 0 Å². The zero-order valence-corrected chi connectivity index (χ0v) is 5.51. The Morgan fingerprint density at radius 2 is 2.00 bits per heavy atom. The molecule has 1 aliphatic rings. The van der Waals surface area contributed by atoms with Gasteiger partial charge in [0.2, 0.25) is 0 Å². The predicted octanol–water partition coefficient (Wildman–Crippen LogP) is 0.868. The number of hydrogen-bond donors (Lipinski definition) is 0. The first-order valence-electron chi connectivity index (χ1n) is 3.00. The van der Waals surface area contributed by atoms with Gasteiger partial charge < -0.3 is 4.90 Å². The monoisotopic (exact) mass is 141 g/mol. The van der Waals surface area contributed by atoms with E-state index < -0.39 is 11.7 Å². The molecular weight excluding hydrogens is 133 g/mol. The SMILES string of the molecule is C=C(F)C(=O)N1CC=CC1. The first kappa shape index (κ1) is 6.99. The van der Waals surface area contributed by atoms with E-state index in [1.54, 1.807) is 0 Å². The Morgan fingerprint density at radius 1 is 1.50 bits per heavy atom. The lowest BCUT2D eigenvalue weighted by Gasteiger charge is -2.12. The predicted molar refractivity (Wildman–Crippen MR) is 36.0 cm³/mol. The quantitative estimate of drug-likeness (QED) is 0.392. The van der Waals surface area contributed by atoms with Crippen LogP contribution in [0, 0.1) is 0 Å². The highest BCUT2D eigenvalue weighted by Gasteiger charge is 2.16. The lowest BCUT2D eigenvalue weighted by molar-refractivity contribution is -0.127. The van der Waals surface area contributed by atoms with Gasteiger partial charge in [0.15, 0.2) is 5.83 Å². The number of halogens is 1. The molecule has 10 heavy (non-hydrogen) atoms. The maximum Gasteiger partial charge on any atom is 0.282 e. The third kappa shape index (κ3) is 1.23. The molecule has 0 unspecified atom stereocenters. The Bertz CT molecular complexity index is 190. The first-order valence-corrected chi connectivity index (χ1v) is 3.00. The molecule has 3 heteroatoms. The molecule has 2 nitrogen and oxygen atoms in total. The number of amides is 1. The Morgan fingerprint density at radius 3 is 2.40 bits per heavy atom. The second kappa shape index (κ2) is 2.64. The van der Waals surface area contributed by atoms with Crippen LogP contribution in [0.1, 0.15) is 0 Å². The van der Waals surface area contributed by atoms with Crippen molar-refractivity contribution in [2.45, 2.75) is 0 Å². The fraction of sp³-hybridized carbons (Fsp3) is 0.286. The van der Waals surface area contributed by atoms with E-state index in [9.17, 15) is 9.18 Å². The van der Waals surface area contributed by atoms with E-state index in [0.29, 0.717) is 13.1 Å². The Hall–Kier alpha value is -1.12. The van der Waals surface area contributed by atoms with Crippen molar-refractivity contribution in [1.29, 1.82) is 0 Å². The zero-order chi connectivity index (χ0) is 7.56. The van der Waals surface area contributed by atoms with Crippen LogP contribution in [0.2, 0.25) is 0 Å². The minimum absolute atomic E-state index is 0.502. The minimum atomic E-state index is -0.885. The van der Waals surface area contributed by atoms with Crippen molar-refractivity contribution in [2.24, 2.45) is 0 Å². The fourth-order valence-corrected chi connectivity index (χ4v) is 0.815. The smallest absolute Gasteiger partial charge is 0.282 e. The van der Waals surface area contributed by atoms with Crippen LogP contribution >= 0.6 is 0 Å². The van der Waals surface area contributed by atoms with Gasteiger partial charge in [-0.05, 0) is 0 Å². The normalized spacial score (nSPS) is 15.9. The van der Waals surface area contributed by atoms with Crippen LogP contribution in [0.4, 0.5) is 4.39 Å². The van der Waals surface area contributed by atoms with Gasteiger partial charge in [-0.2, -0.15) is 0 Å². The van der Waals surface area contributed by atoms with Gasteiger partial charge in [-0.15, -0.1) is 0 Å². The van der Waals surface area contributed by atoms with E-state index in [-0.39, 0.29) is 0 Å². The van der Waals surface area contributed by atoms with Gasteiger partial charge in [-0.1, -0.05) is 18.7 Å². The van der Waals surface area contributed by atoms with Crippen LogP contribution in [-0.2, 0) is 4.79 Å². The topological polar surface area (TPSA) is 20.3 Å². The van der Waals surface area contributed by atoms with Gasteiger partial charge in [-0.3, -0.25) is 4.79 Å². The molecule has 0 fully saturated rings. The van der Waals surface area contributed by atoms with Gasteiger partial charge >= 0.3 is 0 Å². The highest BCUT2D eigenvalue weighted by atomic mass is 19.1. The summed E-state index contributed by atoms with van der Waals surface area (Å²) >= 11 is 0. The molecular formula is C7H8FNO. The highest BCUT2D eigenvalue weighted by molar-refractivity contribution is 5.91. The number of hydrogen-bond acceptors (Lipinski definition) is 1. The molecule has 0 aromatic rings. The van der Waals surface area contributed by atoms with Gasteiger partial charge in [-0.25, -0.2) is 4.39 Å².